The zero-order chi connectivity index (χ0) is 11.6. The van der Waals surface area contributed by atoms with Gasteiger partial charge >= 0.3 is 0 Å². The van der Waals surface area contributed by atoms with Crippen LogP contribution in [0, 0.1) is 22.7 Å². The standard InChI is InChI=1S/C12H20O2/c1-10(2,3)12(14,8-7-9-13)11(4,5)6/h9,14H,1-6H3. The van der Waals surface area contributed by atoms with Gasteiger partial charge in [0.05, 0.1) is 0 Å². The summed E-state index contributed by atoms with van der Waals surface area (Å²) in [4.78, 5) is 10.2. The van der Waals surface area contributed by atoms with Crippen LogP contribution in [0.4, 0.5) is 0 Å². The number of carbonyl (C=O) groups is 1. The molecule has 0 saturated heterocycles. The van der Waals surface area contributed by atoms with Gasteiger partial charge in [0.15, 0.2) is 6.29 Å². The molecule has 0 saturated carbocycles. The molecule has 0 rings (SSSR count). The van der Waals surface area contributed by atoms with E-state index < -0.39 is 5.60 Å². The molecule has 0 aromatic carbocycles. The Balaban J connectivity index is 5.40. The van der Waals surface area contributed by atoms with Crippen LogP contribution in [-0.2, 0) is 4.79 Å². The van der Waals surface area contributed by atoms with Crippen molar-refractivity contribution < 1.29 is 9.90 Å². The molecule has 2 heteroatoms. The molecule has 80 valence electrons. The Labute approximate surface area is 86.7 Å². The average Bonchev–Trinajstić information content (AvgIpc) is 1.95. The van der Waals surface area contributed by atoms with Gasteiger partial charge in [0.2, 0.25) is 0 Å². The van der Waals surface area contributed by atoms with Crippen LogP contribution in [0.2, 0.25) is 0 Å². The van der Waals surface area contributed by atoms with E-state index in [1.165, 1.54) is 0 Å². The van der Waals surface area contributed by atoms with Gasteiger partial charge in [0.1, 0.15) is 5.60 Å². The first-order valence-electron chi connectivity index (χ1n) is 4.75. The zero-order valence-electron chi connectivity index (χ0n) is 9.93. The van der Waals surface area contributed by atoms with Crippen LogP contribution < -0.4 is 0 Å². The largest absolute Gasteiger partial charge is 0.376 e. The molecule has 0 aromatic rings. The molecule has 1 N–H and O–H groups in total. The highest BCUT2D eigenvalue weighted by Crippen LogP contribution is 2.43. The highest BCUT2D eigenvalue weighted by Gasteiger charge is 2.48. The molecule has 0 unspecified atom stereocenters. The second-order valence-electron chi connectivity index (χ2n) is 5.60. The minimum Gasteiger partial charge on any atom is -0.376 e. The predicted octanol–water partition coefficient (Wildman–Crippen LogP) is 2.01. The molecule has 0 aliphatic heterocycles. The van der Waals surface area contributed by atoms with Crippen LogP contribution in [0.5, 0.6) is 0 Å². The van der Waals surface area contributed by atoms with Crippen LogP contribution in [0.1, 0.15) is 41.5 Å². The van der Waals surface area contributed by atoms with Crippen molar-refractivity contribution in [2.75, 3.05) is 0 Å². The Morgan fingerprint density at radius 1 is 1.00 bits per heavy atom. The first-order chi connectivity index (χ1) is 6.06. The van der Waals surface area contributed by atoms with E-state index in [9.17, 15) is 9.90 Å². The van der Waals surface area contributed by atoms with Crippen LogP contribution in [0.15, 0.2) is 0 Å². The van der Waals surface area contributed by atoms with Gasteiger partial charge in [-0.25, -0.2) is 0 Å². The minimum atomic E-state index is -1.17. The van der Waals surface area contributed by atoms with Gasteiger partial charge in [0, 0.05) is 10.8 Å². The second-order valence-corrected chi connectivity index (χ2v) is 5.60. The van der Waals surface area contributed by atoms with Crippen molar-refractivity contribution in [1.82, 2.24) is 0 Å². The summed E-state index contributed by atoms with van der Waals surface area (Å²) in [5.41, 5.74) is -1.94. The van der Waals surface area contributed by atoms with Crippen molar-refractivity contribution in [3.05, 3.63) is 0 Å². The van der Waals surface area contributed by atoms with E-state index in [4.69, 9.17) is 0 Å². The summed E-state index contributed by atoms with van der Waals surface area (Å²) in [6, 6.07) is 0. The van der Waals surface area contributed by atoms with E-state index in [1.807, 2.05) is 41.5 Å². The molecular weight excluding hydrogens is 176 g/mol. The summed E-state index contributed by atoms with van der Waals surface area (Å²) >= 11 is 0. The fourth-order valence-corrected chi connectivity index (χ4v) is 1.63. The van der Waals surface area contributed by atoms with E-state index in [2.05, 4.69) is 11.8 Å². The maximum absolute atomic E-state index is 10.5. The van der Waals surface area contributed by atoms with Gasteiger partial charge in [-0.15, -0.1) is 0 Å². The van der Waals surface area contributed by atoms with Crippen molar-refractivity contribution in [3.63, 3.8) is 0 Å². The highest BCUT2D eigenvalue weighted by atomic mass is 16.3. The summed E-state index contributed by atoms with van der Waals surface area (Å²) in [5, 5.41) is 10.5. The van der Waals surface area contributed by atoms with E-state index in [1.54, 1.807) is 0 Å². The molecular formula is C12H20O2. The van der Waals surface area contributed by atoms with Crippen molar-refractivity contribution in [3.8, 4) is 11.8 Å². The molecule has 14 heavy (non-hydrogen) atoms. The lowest BCUT2D eigenvalue weighted by Crippen LogP contribution is -2.52. The Kier molecular flexibility index (Phi) is 3.53. The highest BCUT2D eigenvalue weighted by molar-refractivity contribution is 5.73. The summed E-state index contributed by atoms with van der Waals surface area (Å²) in [5.74, 6) is 4.98. The molecule has 0 spiro atoms. The predicted molar refractivity (Wildman–Crippen MR) is 57.7 cm³/mol. The monoisotopic (exact) mass is 196 g/mol. The van der Waals surface area contributed by atoms with Crippen LogP contribution in [-0.4, -0.2) is 17.0 Å². The smallest absolute Gasteiger partial charge is 0.192 e. The zero-order valence-corrected chi connectivity index (χ0v) is 9.93. The van der Waals surface area contributed by atoms with Crippen LogP contribution in [0.3, 0.4) is 0 Å². The molecule has 0 aliphatic rings. The number of aldehydes is 1. The van der Waals surface area contributed by atoms with Gasteiger partial charge in [-0.05, 0) is 5.92 Å². The van der Waals surface area contributed by atoms with E-state index in [-0.39, 0.29) is 10.8 Å². The summed E-state index contributed by atoms with van der Waals surface area (Å²) in [6.45, 7) is 11.5. The van der Waals surface area contributed by atoms with Crippen molar-refractivity contribution in [2.24, 2.45) is 10.8 Å². The van der Waals surface area contributed by atoms with Crippen LogP contribution in [0.25, 0.3) is 0 Å². The van der Waals surface area contributed by atoms with E-state index >= 15 is 0 Å². The normalized spacial score (nSPS) is 13.1. The third-order valence-electron chi connectivity index (χ3n) is 2.48. The van der Waals surface area contributed by atoms with Gasteiger partial charge in [-0.3, -0.25) is 4.79 Å². The summed E-state index contributed by atoms with van der Waals surface area (Å²) < 4.78 is 0. The van der Waals surface area contributed by atoms with Crippen molar-refractivity contribution in [2.45, 2.75) is 47.1 Å². The van der Waals surface area contributed by atoms with Crippen molar-refractivity contribution in [1.29, 1.82) is 0 Å². The lowest BCUT2D eigenvalue weighted by atomic mass is 9.63. The lowest BCUT2D eigenvalue weighted by molar-refractivity contribution is -0.103. The quantitative estimate of drug-likeness (QED) is 0.475. The first-order valence-corrected chi connectivity index (χ1v) is 4.75. The molecule has 0 amide bonds. The van der Waals surface area contributed by atoms with Gasteiger partial charge in [-0.2, -0.15) is 0 Å². The summed E-state index contributed by atoms with van der Waals surface area (Å²) in [6.07, 6.45) is 0.516. The topological polar surface area (TPSA) is 37.3 Å². The molecule has 0 fully saturated rings. The third kappa shape index (κ3) is 2.36. The first kappa shape index (κ1) is 13.2. The number of carbonyl (C=O) groups excluding carboxylic acids is 1. The van der Waals surface area contributed by atoms with Gasteiger partial charge < -0.3 is 5.11 Å². The van der Waals surface area contributed by atoms with Gasteiger partial charge in [-0.1, -0.05) is 47.5 Å². The Morgan fingerprint density at radius 3 is 1.57 bits per heavy atom. The number of aliphatic hydroxyl groups is 1. The minimum absolute atomic E-state index is 0.388. The maximum atomic E-state index is 10.5. The molecule has 2 nitrogen and oxygen atoms in total. The number of hydrogen-bond acceptors (Lipinski definition) is 2. The lowest BCUT2D eigenvalue weighted by Gasteiger charge is -2.45. The Bertz CT molecular complexity index is 251. The number of rotatable bonds is 0. The Hall–Kier alpha value is -0.810. The molecule has 0 bridgehead atoms. The van der Waals surface area contributed by atoms with Crippen LogP contribution >= 0.6 is 0 Å². The fraction of sp³-hybridized carbons (Fsp3) is 0.750. The van der Waals surface area contributed by atoms with Crippen molar-refractivity contribution >= 4 is 6.29 Å². The van der Waals surface area contributed by atoms with Gasteiger partial charge in [0.25, 0.3) is 0 Å². The number of hydrogen-bond donors (Lipinski definition) is 1. The Morgan fingerprint density at radius 2 is 1.36 bits per heavy atom. The molecule has 0 heterocycles. The summed E-state index contributed by atoms with van der Waals surface area (Å²) in [7, 11) is 0. The molecule has 0 aromatic heterocycles. The molecule has 0 aliphatic carbocycles. The van der Waals surface area contributed by atoms with E-state index in [0.29, 0.717) is 6.29 Å². The SMILES string of the molecule is CC(C)(C)C(O)(C#CC=O)C(C)(C)C. The second kappa shape index (κ2) is 3.74. The molecule has 0 radical (unpaired) electrons. The maximum Gasteiger partial charge on any atom is 0.192 e. The van der Waals surface area contributed by atoms with E-state index in [0.717, 1.165) is 0 Å². The molecule has 0 atom stereocenters. The third-order valence-corrected chi connectivity index (χ3v) is 2.48. The fourth-order valence-electron chi connectivity index (χ4n) is 1.63. The average molecular weight is 196 g/mol.